The molecular weight excluding hydrogens is 472 g/mol. The molecule has 0 amide bonds. The third kappa shape index (κ3) is 5.01. The SMILES string of the molecule is C=C1OC(CCc2ccc(OCC)c(Cl)c2)(C2CCCC2)CC=C1Cc1nc2nc(C)cc(C)n2n1. The van der Waals surface area contributed by atoms with Crippen molar-refractivity contribution in [1.29, 1.82) is 0 Å². The molecule has 3 aromatic rings. The molecule has 0 saturated heterocycles. The number of allylic oxidation sites excluding steroid dienone is 1. The Balaban J connectivity index is 1.34. The van der Waals surface area contributed by atoms with Crippen LogP contribution >= 0.6 is 11.6 Å². The van der Waals surface area contributed by atoms with E-state index in [0.717, 1.165) is 53.6 Å². The molecule has 2 aliphatic rings. The van der Waals surface area contributed by atoms with Crippen LogP contribution in [-0.2, 0) is 17.6 Å². The van der Waals surface area contributed by atoms with Crippen LogP contribution in [0.1, 0.15) is 68.2 Å². The molecule has 1 saturated carbocycles. The van der Waals surface area contributed by atoms with E-state index in [1.54, 1.807) is 4.52 Å². The quantitative estimate of drug-likeness (QED) is 0.338. The van der Waals surface area contributed by atoms with Gasteiger partial charge in [-0.2, -0.15) is 4.98 Å². The Hall–Kier alpha value is -2.86. The molecule has 3 heterocycles. The van der Waals surface area contributed by atoms with Crippen molar-refractivity contribution in [3.05, 3.63) is 76.1 Å². The van der Waals surface area contributed by atoms with Crippen molar-refractivity contribution in [2.45, 2.75) is 77.7 Å². The zero-order chi connectivity index (χ0) is 25.3. The summed E-state index contributed by atoms with van der Waals surface area (Å²) in [6, 6.07) is 8.13. The van der Waals surface area contributed by atoms with Crippen molar-refractivity contribution in [2.75, 3.05) is 6.61 Å². The van der Waals surface area contributed by atoms with Gasteiger partial charge in [-0.25, -0.2) is 9.50 Å². The van der Waals surface area contributed by atoms with Crippen LogP contribution in [0.15, 0.2) is 48.3 Å². The van der Waals surface area contributed by atoms with Gasteiger partial charge in [-0.3, -0.25) is 0 Å². The summed E-state index contributed by atoms with van der Waals surface area (Å²) in [6.07, 6.45) is 10.6. The van der Waals surface area contributed by atoms with Gasteiger partial charge >= 0.3 is 0 Å². The molecule has 1 atom stereocenters. The number of fused-ring (bicyclic) bond motifs is 1. The molecule has 1 fully saturated rings. The second-order valence-electron chi connectivity index (χ2n) is 10.2. The maximum Gasteiger partial charge on any atom is 0.252 e. The van der Waals surface area contributed by atoms with Gasteiger partial charge < -0.3 is 9.47 Å². The summed E-state index contributed by atoms with van der Waals surface area (Å²) in [5, 5.41) is 5.35. The lowest BCUT2D eigenvalue weighted by molar-refractivity contribution is -0.0537. The Kier molecular flexibility index (Phi) is 7.07. The van der Waals surface area contributed by atoms with Gasteiger partial charge in [0.25, 0.3) is 5.78 Å². The topological polar surface area (TPSA) is 61.5 Å². The maximum absolute atomic E-state index is 6.78. The summed E-state index contributed by atoms with van der Waals surface area (Å²) in [5.41, 5.74) is 4.01. The lowest BCUT2D eigenvalue weighted by atomic mass is 9.76. The number of halogens is 1. The molecule has 2 aromatic heterocycles. The van der Waals surface area contributed by atoms with Gasteiger partial charge in [0.1, 0.15) is 17.1 Å². The third-order valence-corrected chi connectivity index (χ3v) is 7.92. The third-order valence-electron chi connectivity index (χ3n) is 7.62. The van der Waals surface area contributed by atoms with E-state index in [1.165, 1.54) is 31.2 Å². The molecule has 7 heteroatoms. The summed E-state index contributed by atoms with van der Waals surface area (Å²) >= 11 is 6.46. The highest BCUT2D eigenvalue weighted by Crippen LogP contribution is 2.46. The Morgan fingerprint density at radius 3 is 2.72 bits per heavy atom. The normalized spacial score (nSPS) is 20.6. The Morgan fingerprint density at radius 2 is 2.00 bits per heavy atom. The van der Waals surface area contributed by atoms with Crippen LogP contribution in [0.4, 0.5) is 0 Å². The van der Waals surface area contributed by atoms with Crippen LogP contribution < -0.4 is 4.74 Å². The van der Waals surface area contributed by atoms with Gasteiger partial charge in [-0.15, -0.1) is 5.10 Å². The van der Waals surface area contributed by atoms with Crippen molar-refractivity contribution in [2.24, 2.45) is 5.92 Å². The van der Waals surface area contributed by atoms with Gasteiger partial charge in [0.15, 0.2) is 5.82 Å². The number of hydrogen-bond donors (Lipinski definition) is 0. The number of rotatable bonds is 8. The highest BCUT2D eigenvalue weighted by molar-refractivity contribution is 6.32. The fraction of sp³-hybridized carbons (Fsp3) is 0.483. The fourth-order valence-corrected chi connectivity index (χ4v) is 6.03. The molecule has 0 bridgehead atoms. The second-order valence-corrected chi connectivity index (χ2v) is 10.6. The second kappa shape index (κ2) is 10.3. The minimum Gasteiger partial charge on any atom is -0.492 e. The van der Waals surface area contributed by atoms with Crippen LogP contribution in [-0.4, -0.2) is 31.8 Å². The predicted molar refractivity (Wildman–Crippen MR) is 143 cm³/mol. The van der Waals surface area contributed by atoms with Crippen LogP contribution in [0.2, 0.25) is 5.02 Å². The Bertz CT molecular complexity index is 1310. The zero-order valence-corrected chi connectivity index (χ0v) is 22.3. The number of benzene rings is 1. The molecule has 0 spiro atoms. The van der Waals surface area contributed by atoms with Crippen molar-refractivity contribution in [3.63, 3.8) is 0 Å². The van der Waals surface area contributed by atoms with Crippen LogP contribution in [0.3, 0.4) is 0 Å². The average molecular weight is 507 g/mol. The molecule has 1 unspecified atom stereocenters. The summed E-state index contributed by atoms with van der Waals surface area (Å²) in [5.74, 6) is 3.40. The summed E-state index contributed by atoms with van der Waals surface area (Å²) in [6.45, 7) is 10.9. The first kappa shape index (κ1) is 24.8. The standard InChI is InChI=1S/C29H35ClN4O2/c1-5-35-26-11-10-22(17-25(26)30)12-14-29(24-8-6-7-9-24)15-13-23(21(4)36-29)18-27-32-28-31-19(2)16-20(3)34(28)33-27/h10-11,13,16-17,24H,4-9,12,14-15,18H2,1-3H3. The van der Waals surface area contributed by atoms with E-state index in [9.17, 15) is 0 Å². The number of aryl methyl sites for hydroxylation is 3. The van der Waals surface area contributed by atoms with Crippen LogP contribution in [0, 0.1) is 19.8 Å². The van der Waals surface area contributed by atoms with Crippen molar-refractivity contribution in [1.82, 2.24) is 19.6 Å². The molecule has 1 aliphatic heterocycles. The average Bonchev–Trinajstić information content (AvgIpc) is 3.52. The summed E-state index contributed by atoms with van der Waals surface area (Å²) in [4.78, 5) is 9.18. The summed E-state index contributed by atoms with van der Waals surface area (Å²) < 4.78 is 14.2. The molecule has 0 radical (unpaired) electrons. The van der Waals surface area contributed by atoms with E-state index in [-0.39, 0.29) is 5.60 Å². The molecule has 36 heavy (non-hydrogen) atoms. The van der Waals surface area contributed by atoms with E-state index < -0.39 is 0 Å². The number of nitrogens with zero attached hydrogens (tertiary/aromatic N) is 4. The van der Waals surface area contributed by atoms with Crippen molar-refractivity contribution < 1.29 is 9.47 Å². The molecular formula is C29H35ClN4O2. The van der Waals surface area contributed by atoms with E-state index in [0.29, 0.717) is 29.7 Å². The highest BCUT2D eigenvalue weighted by Gasteiger charge is 2.43. The highest BCUT2D eigenvalue weighted by atomic mass is 35.5. The number of ether oxygens (including phenoxy) is 2. The van der Waals surface area contributed by atoms with E-state index >= 15 is 0 Å². The smallest absolute Gasteiger partial charge is 0.252 e. The molecule has 6 nitrogen and oxygen atoms in total. The van der Waals surface area contributed by atoms with Gasteiger partial charge in [0, 0.05) is 24.2 Å². The largest absolute Gasteiger partial charge is 0.492 e. The molecule has 190 valence electrons. The lowest BCUT2D eigenvalue weighted by Gasteiger charge is -2.43. The Morgan fingerprint density at radius 1 is 1.19 bits per heavy atom. The van der Waals surface area contributed by atoms with Crippen molar-refractivity contribution in [3.8, 4) is 5.75 Å². The molecule has 1 aliphatic carbocycles. The minimum atomic E-state index is -0.232. The summed E-state index contributed by atoms with van der Waals surface area (Å²) in [7, 11) is 0. The van der Waals surface area contributed by atoms with Gasteiger partial charge in [-0.1, -0.05) is 43.2 Å². The predicted octanol–water partition coefficient (Wildman–Crippen LogP) is 6.76. The van der Waals surface area contributed by atoms with Gasteiger partial charge in [0.05, 0.1) is 11.6 Å². The van der Waals surface area contributed by atoms with E-state index in [1.807, 2.05) is 39.0 Å². The van der Waals surface area contributed by atoms with E-state index in [2.05, 4.69) is 33.8 Å². The van der Waals surface area contributed by atoms with Crippen molar-refractivity contribution >= 4 is 17.4 Å². The van der Waals surface area contributed by atoms with Gasteiger partial charge in [0.2, 0.25) is 0 Å². The van der Waals surface area contributed by atoms with Gasteiger partial charge in [-0.05, 0) is 81.7 Å². The van der Waals surface area contributed by atoms with E-state index in [4.69, 9.17) is 21.1 Å². The van der Waals surface area contributed by atoms with Crippen LogP contribution in [0.5, 0.6) is 5.75 Å². The first-order valence-electron chi connectivity index (χ1n) is 13.1. The minimum absolute atomic E-state index is 0.232. The zero-order valence-electron chi connectivity index (χ0n) is 21.5. The van der Waals surface area contributed by atoms with Crippen LogP contribution in [0.25, 0.3) is 5.78 Å². The number of hydrogen-bond acceptors (Lipinski definition) is 5. The maximum atomic E-state index is 6.78. The molecule has 5 rings (SSSR count). The fourth-order valence-electron chi connectivity index (χ4n) is 5.77. The first-order chi connectivity index (χ1) is 17.4. The lowest BCUT2D eigenvalue weighted by Crippen LogP contribution is -2.42. The Labute approximate surface area is 218 Å². The molecule has 1 aromatic carbocycles. The number of aromatic nitrogens is 4. The monoisotopic (exact) mass is 506 g/mol. The molecule has 0 N–H and O–H groups in total. The first-order valence-corrected chi connectivity index (χ1v) is 13.4.